The fraction of sp³-hybridized carbons (Fsp3) is 0.875. The third-order valence-corrected chi connectivity index (χ3v) is 4.69. The predicted octanol–water partition coefficient (Wildman–Crippen LogP) is 2.64. The van der Waals surface area contributed by atoms with E-state index in [2.05, 4.69) is 22.5 Å². The number of guanidine groups is 1. The molecule has 0 bridgehead atoms. The van der Waals surface area contributed by atoms with Gasteiger partial charge in [-0.25, -0.2) is 0 Å². The summed E-state index contributed by atoms with van der Waals surface area (Å²) in [5.74, 6) is 0.467. The number of primary amides is 1. The van der Waals surface area contributed by atoms with Gasteiger partial charge in [-0.3, -0.25) is 9.79 Å². The zero-order valence-corrected chi connectivity index (χ0v) is 16.8. The van der Waals surface area contributed by atoms with Crippen LogP contribution in [0.15, 0.2) is 4.99 Å². The van der Waals surface area contributed by atoms with E-state index in [1.807, 2.05) is 20.8 Å². The number of hydrogen-bond donors (Lipinski definition) is 3. The number of carbonyl (C=O) groups excluding carboxylic acids is 1. The van der Waals surface area contributed by atoms with Crippen LogP contribution in [0, 0.1) is 10.8 Å². The molecule has 5 nitrogen and oxygen atoms in total. The van der Waals surface area contributed by atoms with Crippen molar-refractivity contribution in [1.29, 1.82) is 0 Å². The Bertz CT molecular complexity index is 376. The summed E-state index contributed by atoms with van der Waals surface area (Å²) in [5, 5.41) is 6.70. The molecule has 0 unspecified atom stereocenters. The number of aliphatic imine (C=N–C) groups is 1. The minimum atomic E-state index is -0.613. The van der Waals surface area contributed by atoms with Crippen molar-refractivity contribution in [3.05, 3.63) is 0 Å². The molecule has 0 aromatic rings. The number of nitrogens with two attached hydrogens (primary N) is 1. The Morgan fingerprint density at radius 1 is 1.23 bits per heavy atom. The second kappa shape index (κ2) is 9.57. The molecule has 0 heterocycles. The number of amides is 1. The summed E-state index contributed by atoms with van der Waals surface area (Å²) in [6.45, 7) is 10.1. The van der Waals surface area contributed by atoms with Crippen molar-refractivity contribution in [2.75, 3.05) is 19.6 Å². The van der Waals surface area contributed by atoms with Crippen molar-refractivity contribution in [2.45, 2.75) is 59.8 Å². The average molecular weight is 424 g/mol. The molecule has 130 valence electrons. The standard InChI is InChI=1S/C16H32N4O.HI/c1-5-16(9-7-8-10-16)12-20-14(18-6-2)19-11-15(3,4)13(17)21;/h5-12H2,1-4H3,(H2,17,21)(H2,18,19,20);1H. The molecule has 1 rings (SSSR count). The smallest absolute Gasteiger partial charge is 0.224 e. The Labute approximate surface area is 152 Å². The van der Waals surface area contributed by atoms with E-state index in [9.17, 15) is 4.79 Å². The van der Waals surface area contributed by atoms with Crippen LogP contribution in [0.3, 0.4) is 0 Å². The van der Waals surface area contributed by atoms with Crippen molar-refractivity contribution in [3.63, 3.8) is 0 Å². The molecule has 0 radical (unpaired) electrons. The molecule has 0 atom stereocenters. The van der Waals surface area contributed by atoms with Gasteiger partial charge in [0.25, 0.3) is 0 Å². The van der Waals surface area contributed by atoms with Crippen molar-refractivity contribution in [1.82, 2.24) is 10.6 Å². The zero-order chi connectivity index (χ0) is 15.9. The molecule has 0 aromatic heterocycles. The Kier molecular flexibility index (Phi) is 9.34. The number of nitrogens with one attached hydrogen (secondary N) is 2. The maximum atomic E-state index is 11.4. The maximum absolute atomic E-state index is 11.4. The lowest BCUT2D eigenvalue weighted by Gasteiger charge is -2.29. The summed E-state index contributed by atoms with van der Waals surface area (Å²) in [5.41, 5.74) is 5.20. The SMILES string of the molecule is CCNC(=NCC(C)(C)C(N)=O)NCC1(CC)CCCC1.I. The largest absolute Gasteiger partial charge is 0.369 e. The lowest BCUT2D eigenvalue weighted by atomic mass is 9.83. The van der Waals surface area contributed by atoms with Gasteiger partial charge in [-0.1, -0.05) is 19.8 Å². The molecule has 1 amide bonds. The van der Waals surface area contributed by atoms with E-state index < -0.39 is 5.41 Å². The zero-order valence-electron chi connectivity index (χ0n) is 14.5. The van der Waals surface area contributed by atoms with Gasteiger partial charge in [-0.15, -0.1) is 24.0 Å². The number of hydrogen-bond acceptors (Lipinski definition) is 2. The summed E-state index contributed by atoms with van der Waals surface area (Å²) in [6.07, 6.45) is 6.45. The highest BCUT2D eigenvalue weighted by atomic mass is 127. The molecule has 1 aliphatic rings. The molecule has 0 saturated heterocycles. The second-order valence-electron chi connectivity index (χ2n) is 6.86. The first-order valence-electron chi connectivity index (χ1n) is 8.17. The van der Waals surface area contributed by atoms with Crippen LogP contribution in [-0.2, 0) is 4.79 Å². The summed E-state index contributed by atoms with van der Waals surface area (Å²) >= 11 is 0. The lowest BCUT2D eigenvalue weighted by Crippen LogP contribution is -2.44. The molecule has 1 fully saturated rings. The normalized spacial score (nSPS) is 17.7. The number of halogens is 1. The van der Waals surface area contributed by atoms with Gasteiger partial charge in [0.15, 0.2) is 5.96 Å². The van der Waals surface area contributed by atoms with Gasteiger partial charge >= 0.3 is 0 Å². The van der Waals surface area contributed by atoms with E-state index in [4.69, 9.17) is 5.73 Å². The van der Waals surface area contributed by atoms with E-state index >= 15 is 0 Å². The molecule has 0 aromatic carbocycles. The molecular weight excluding hydrogens is 391 g/mol. The van der Waals surface area contributed by atoms with Crippen molar-refractivity contribution in [3.8, 4) is 0 Å². The maximum Gasteiger partial charge on any atom is 0.224 e. The molecule has 22 heavy (non-hydrogen) atoms. The van der Waals surface area contributed by atoms with Crippen LogP contribution in [-0.4, -0.2) is 31.5 Å². The monoisotopic (exact) mass is 424 g/mol. The molecule has 0 spiro atoms. The fourth-order valence-electron chi connectivity index (χ4n) is 2.75. The highest BCUT2D eigenvalue weighted by Crippen LogP contribution is 2.40. The number of rotatable bonds is 7. The van der Waals surface area contributed by atoms with Crippen LogP contribution < -0.4 is 16.4 Å². The topological polar surface area (TPSA) is 79.5 Å². The number of nitrogens with zero attached hydrogens (tertiary/aromatic N) is 1. The van der Waals surface area contributed by atoms with Crippen molar-refractivity contribution < 1.29 is 4.79 Å². The van der Waals surface area contributed by atoms with Gasteiger partial charge in [0.1, 0.15) is 0 Å². The van der Waals surface area contributed by atoms with Crippen LogP contribution in [0.25, 0.3) is 0 Å². The van der Waals surface area contributed by atoms with Gasteiger partial charge in [0.2, 0.25) is 5.91 Å². The van der Waals surface area contributed by atoms with E-state index in [0.717, 1.165) is 19.0 Å². The van der Waals surface area contributed by atoms with Gasteiger partial charge < -0.3 is 16.4 Å². The van der Waals surface area contributed by atoms with Crippen molar-refractivity contribution in [2.24, 2.45) is 21.6 Å². The minimum absolute atomic E-state index is 0. The quantitative estimate of drug-likeness (QED) is 0.334. The predicted molar refractivity (Wildman–Crippen MR) is 104 cm³/mol. The molecular formula is C16H33IN4O. The third kappa shape index (κ3) is 6.30. The average Bonchev–Trinajstić information content (AvgIpc) is 2.91. The summed E-state index contributed by atoms with van der Waals surface area (Å²) in [7, 11) is 0. The van der Waals surface area contributed by atoms with Crippen LogP contribution >= 0.6 is 24.0 Å². The van der Waals surface area contributed by atoms with Gasteiger partial charge in [0, 0.05) is 13.1 Å². The molecule has 0 aliphatic heterocycles. The van der Waals surface area contributed by atoms with E-state index in [0.29, 0.717) is 12.0 Å². The van der Waals surface area contributed by atoms with Gasteiger partial charge in [0.05, 0.1) is 12.0 Å². The fourth-order valence-corrected chi connectivity index (χ4v) is 2.75. The van der Waals surface area contributed by atoms with Crippen LogP contribution in [0.5, 0.6) is 0 Å². The van der Waals surface area contributed by atoms with Crippen LogP contribution in [0.1, 0.15) is 59.8 Å². The Morgan fingerprint density at radius 3 is 2.27 bits per heavy atom. The molecule has 1 aliphatic carbocycles. The van der Waals surface area contributed by atoms with Crippen molar-refractivity contribution >= 4 is 35.8 Å². The van der Waals surface area contributed by atoms with E-state index in [1.54, 1.807) is 0 Å². The summed E-state index contributed by atoms with van der Waals surface area (Å²) in [6, 6.07) is 0. The molecule has 1 saturated carbocycles. The Morgan fingerprint density at radius 2 is 1.82 bits per heavy atom. The Balaban J connectivity index is 0.00000441. The summed E-state index contributed by atoms with van der Waals surface area (Å²) < 4.78 is 0. The highest BCUT2D eigenvalue weighted by molar-refractivity contribution is 14.0. The van der Waals surface area contributed by atoms with E-state index in [1.165, 1.54) is 32.1 Å². The van der Waals surface area contributed by atoms with Gasteiger partial charge in [-0.05, 0) is 45.4 Å². The first-order chi connectivity index (χ1) is 9.85. The molecule has 6 heteroatoms. The first-order valence-corrected chi connectivity index (χ1v) is 8.17. The first kappa shape index (κ1) is 21.5. The summed E-state index contributed by atoms with van der Waals surface area (Å²) in [4.78, 5) is 15.9. The molecule has 4 N–H and O–H groups in total. The van der Waals surface area contributed by atoms with E-state index in [-0.39, 0.29) is 29.9 Å². The van der Waals surface area contributed by atoms with Gasteiger partial charge in [-0.2, -0.15) is 0 Å². The second-order valence-corrected chi connectivity index (χ2v) is 6.86. The number of carbonyl (C=O) groups is 1. The third-order valence-electron chi connectivity index (χ3n) is 4.69. The van der Waals surface area contributed by atoms with Crippen LogP contribution in [0.4, 0.5) is 0 Å². The minimum Gasteiger partial charge on any atom is -0.369 e. The highest BCUT2D eigenvalue weighted by Gasteiger charge is 2.32. The van der Waals surface area contributed by atoms with Crippen LogP contribution in [0.2, 0.25) is 0 Å². The lowest BCUT2D eigenvalue weighted by molar-refractivity contribution is -0.125. The Hall–Kier alpha value is -0.530.